The molecule has 1 aliphatic heterocycles. The van der Waals surface area contributed by atoms with E-state index < -0.39 is 0 Å². The molecule has 0 spiro atoms. The van der Waals surface area contributed by atoms with Gasteiger partial charge in [-0.05, 0) is 31.9 Å². The van der Waals surface area contributed by atoms with E-state index in [1.807, 2.05) is 35.7 Å². The summed E-state index contributed by atoms with van der Waals surface area (Å²) in [5.41, 5.74) is 0.850. The number of carbonyl (C=O) groups is 1. The largest absolute Gasteiger partial charge is 0.450 e. The van der Waals surface area contributed by atoms with Crippen molar-refractivity contribution in [1.82, 2.24) is 30.1 Å². The predicted octanol–water partition coefficient (Wildman–Crippen LogP) is 1.06. The zero-order valence-electron chi connectivity index (χ0n) is 15.9. The quantitative estimate of drug-likeness (QED) is 0.601. The zero-order valence-corrected chi connectivity index (χ0v) is 15.9. The number of ether oxygens (including phenoxy) is 1. The van der Waals surface area contributed by atoms with Gasteiger partial charge in [0.25, 0.3) is 0 Å². The fraction of sp³-hybridized carbons (Fsp3) is 0.556. The molecular formula is C18H27N7O2. The maximum Gasteiger partial charge on any atom is 0.409 e. The molecule has 0 unspecified atom stereocenters. The Balaban J connectivity index is 1.43. The summed E-state index contributed by atoms with van der Waals surface area (Å²) >= 11 is 0. The average Bonchev–Trinajstić information content (AvgIpc) is 3.11. The van der Waals surface area contributed by atoms with Crippen LogP contribution < -0.4 is 10.6 Å². The molecule has 1 fully saturated rings. The van der Waals surface area contributed by atoms with Crippen LogP contribution in [0.4, 0.5) is 4.79 Å². The lowest BCUT2D eigenvalue weighted by Gasteiger charge is -2.32. The van der Waals surface area contributed by atoms with Gasteiger partial charge in [0.1, 0.15) is 5.82 Å². The molecule has 0 bridgehead atoms. The Morgan fingerprint density at radius 1 is 1.33 bits per heavy atom. The number of aliphatic imine (C=N–C) groups is 1. The summed E-state index contributed by atoms with van der Waals surface area (Å²) in [4.78, 5) is 17.8. The summed E-state index contributed by atoms with van der Waals surface area (Å²) in [5.74, 6) is 1.68. The summed E-state index contributed by atoms with van der Waals surface area (Å²) < 4.78 is 7.04. The van der Waals surface area contributed by atoms with E-state index in [1.54, 1.807) is 11.9 Å². The SMILES string of the molecule is CCOC(=O)N1CCC(NC(=NC)NCCc2nnc3ccccn23)CC1. The maximum atomic E-state index is 11.8. The topological polar surface area (TPSA) is 96.1 Å². The minimum atomic E-state index is -0.223. The molecule has 2 N–H and O–H groups in total. The lowest BCUT2D eigenvalue weighted by molar-refractivity contribution is 0.0963. The number of guanidine groups is 1. The van der Waals surface area contributed by atoms with Crippen LogP contribution in [0.5, 0.6) is 0 Å². The number of hydrogen-bond donors (Lipinski definition) is 2. The lowest BCUT2D eigenvalue weighted by atomic mass is 10.1. The fourth-order valence-corrected chi connectivity index (χ4v) is 3.16. The van der Waals surface area contributed by atoms with Gasteiger partial charge in [-0.3, -0.25) is 9.39 Å². The highest BCUT2D eigenvalue weighted by molar-refractivity contribution is 5.80. The first kappa shape index (κ1) is 18.9. The summed E-state index contributed by atoms with van der Waals surface area (Å²) in [5, 5.41) is 15.2. The van der Waals surface area contributed by atoms with E-state index in [0.29, 0.717) is 26.2 Å². The second-order valence-corrected chi connectivity index (χ2v) is 6.40. The van der Waals surface area contributed by atoms with Crippen molar-refractivity contribution in [1.29, 1.82) is 0 Å². The number of piperidine rings is 1. The third-order valence-electron chi connectivity index (χ3n) is 4.61. The number of hydrogen-bond acceptors (Lipinski definition) is 5. The number of likely N-dealkylation sites (tertiary alicyclic amines) is 1. The minimum absolute atomic E-state index is 0.223. The van der Waals surface area contributed by atoms with Gasteiger partial charge in [0.15, 0.2) is 11.6 Å². The summed E-state index contributed by atoms with van der Waals surface area (Å²) in [7, 11) is 1.76. The van der Waals surface area contributed by atoms with Crippen LogP contribution in [0.2, 0.25) is 0 Å². The highest BCUT2D eigenvalue weighted by atomic mass is 16.6. The first-order valence-corrected chi connectivity index (χ1v) is 9.38. The molecule has 2 aromatic heterocycles. The Hall–Kier alpha value is -2.84. The van der Waals surface area contributed by atoms with Gasteiger partial charge in [0.2, 0.25) is 0 Å². The third-order valence-corrected chi connectivity index (χ3v) is 4.61. The summed E-state index contributed by atoms with van der Waals surface area (Å²) in [6, 6.07) is 6.14. The standard InChI is InChI=1S/C18H27N7O2/c1-3-27-18(26)24-12-8-14(9-13-24)21-17(19-2)20-10-7-16-23-22-15-6-4-5-11-25(15)16/h4-6,11,14H,3,7-10,12-13H2,1-2H3,(H2,19,20,21). The normalized spacial score (nSPS) is 15.8. The van der Waals surface area contributed by atoms with Crippen LogP contribution >= 0.6 is 0 Å². The zero-order chi connectivity index (χ0) is 19.1. The van der Waals surface area contributed by atoms with Crippen molar-refractivity contribution in [2.45, 2.75) is 32.2 Å². The first-order valence-electron chi connectivity index (χ1n) is 9.38. The van der Waals surface area contributed by atoms with Crippen LogP contribution in [0, 0.1) is 0 Å². The molecule has 1 aliphatic rings. The number of fused-ring (bicyclic) bond motifs is 1. The molecule has 2 aromatic rings. The van der Waals surface area contributed by atoms with Gasteiger partial charge in [0.05, 0.1) is 6.61 Å². The number of aromatic nitrogens is 3. The van der Waals surface area contributed by atoms with E-state index in [-0.39, 0.29) is 12.1 Å². The molecule has 27 heavy (non-hydrogen) atoms. The van der Waals surface area contributed by atoms with Crippen LogP contribution in [0.15, 0.2) is 29.4 Å². The molecule has 3 heterocycles. The van der Waals surface area contributed by atoms with Gasteiger partial charge in [-0.25, -0.2) is 4.79 Å². The van der Waals surface area contributed by atoms with E-state index in [2.05, 4.69) is 25.8 Å². The average molecular weight is 373 g/mol. The molecule has 0 radical (unpaired) electrons. The molecule has 0 aliphatic carbocycles. The monoisotopic (exact) mass is 373 g/mol. The summed E-state index contributed by atoms with van der Waals surface area (Å²) in [6.07, 6.45) is 4.23. The minimum Gasteiger partial charge on any atom is -0.450 e. The molecule has 3 rings (SSSR count). The van der Waals surface area contributed by atoms with Gasteiger partial charge in [-0.2, -0.15) is 0 Å². The predicted molar refractivity (Wildman–Crippen MR) is 103 cm³/mol. The molecule has 146 valence electrons. The maximum absolute atomic E-state index is 11.8. The van der Waals surface area contributed by atoms with E-state index in [9.17, 15) is 4.79 Å². The van der Waals surface area contributed by atoms with Gasteiger partial charge < -0.3 is 20.3 Å². The molecule has 0 atom stereocenters. The van der Waals surface area contributed by atoms with Gasteiger partial charge >= 0.3 is 6.09 Å². The van der Waals surface area contributed by atoms with Crippen molar-refractivity contribution in [3.05, 3.63) is 30.2 Å². The van der Waals surface area contributed by atoms with Crippen molar-refractivity contribution < 1.29 is 9.53 Å². The number of nitrogens with zero attached hydrogens (tertiary/aromatic N) is 5. The number of pyridine rings is 1. The third kappa shape index (κ3) is 4.87. The van der Waals surface area contributed by atoms with E-state index in [4.69, 9.17) is 4.74 Å². The Morgan fingerprint density at radius 2 is 2.15 bits per heavy atom. The first-order chi connectivity index (χ1) is 13.2. The van der Waals surface area contributed by atoms with E-state index >= 15 is 0 Å². The van der Waals surface area contributed by atoms with Crippen molar-refractivity contribution in [2.75, 3.05) is 33.3 Å². The fourth-order valence-electron chi connectivity index (χ4n) is 3.16. The van der Waals surface area contributed by atoms with E-state index in [0.717, 1.165) is 36.7 Å². The molecular weight excluding hydrogens is 346 g/mol. The molecule has 0 aromatic carbocycles. The number of amides is 1. The molecule has 9 nitrogen and oxygen atoms in total. The number of rotatable bonds is 5. The van der Waals surface area contributed by atoms with Gasteiger partial charge in [-0.15, -0.1) is 10.2 Å². The van der Waals surface area contributed by atoms with Crippen molar-refractivity contribution in [3.63, 3.8) is 0 Å². The van der Waals surface area contributed by atoms with Crippen LogP contribution in [-0.2, 0) is 11.2 Å². The number of nitrogens with one attached hydrogen (secondary N) is 2. The smallest absolute Gasteiger partial charge is 0.409 e. The Labute approximate surface area is 158 Å². The molecule has 0 saturated carbocycles. The molecule has 1 amide bonds. The molecule has 1 saturated heterocycles. The van der Waals surface area contributed by atoms with Gasteiger partial charge in [-0.1, -0.05) is 6.07 Å². The highest BCUT2D eigenvalue weighted by Gasteiger charge is 2.24. The van der Waals surface area contributed by atoms with Crippen molar-refractivity contribution >= 4 is 17.7 Å². The van der Waals surface area contributed by atoms with Crippen LogP contribution in [0.25, 0.3) is 5.65 Å². The van der Waals surface area contributed by atoms with Crippen LogP contribution in [0.1, 0.15) is 25.6 Å². The Kier molecular flexibility index (Phi) is 6.45. The Bertz CT molecular complexity index is 781. The van der Waals surface area contributed by atoms with Crippen LogP contribution in [0.3, 0.4) is 0 Å². The molecule has 9 heteroatoms. The number of carbonyl (C=O) groups excluding carboxylic acids is 1. The van der Waals surface area contributed by atoms with E-state index in [1.165, 1.54) is 0 Å². The summed E-state index contributed by atoms with van der Waals surface area (Å²) in [6.45, 7) is 4.33. The van der Waals surface area contributed by atoms with Crippen LogP contribution in [-0.4, -0.2) is 70.9 Å². The highest BCUT2D eigenvalue weighted by Crippen LogP contribution is 2.11. The Morgan fingerprint density at radius 3 is 2.89 bits per heavy atom. The lowest BCUT2D eigenvalue weighted by Crippen LogP contribution is -2.50. The van der Waals surface area contributed by atoms with Crippen molar-refractivity contribution in [3.8, 4) is 0 Å². The second-order valence-electron chi connectivity index (χ2n) is 6.40. The van der Waals surface area contributed by atoms with Gasteiger partial charge in [0, 0.05) is 45.3 Å². The second kappa shape index (κ2) is 9.20. The van der Waals surface area contributed by atoms with Crippen molar-refractivity contribution in [2.24, 2.45) is 4.99 Å².